The van der Waals surface area contributed by atoms with Gasteiger partial charge in [-0.2, -0.15) is 0 Å². The smallest absolute Gasteiger partial charge is 0.271 e. The Morgan fingerprint density at radius 3 is 2.83 bits per heavy atom. The maximum absolute atomic E-state index is 12.2. The van der Waals surface area contributed by atoms with Crippen molar-refractivity contribution in [1.82, 2.24) is 20.3 Å². The number of piperidine rings is 1. The predicted octanol–water partition coefficient (Wildman–Crippen LogP) is 2.02. The van der Waals surface area contributed by atoms with Crippen LogP contribution in [0.25, 0.3) is 11.0 Å². The molecule has 7 nitrogen and oxygen atoms in total. The van der Waals surface area contributed by atoms with Crippen LogP contribution in [-0.4, -0.2) is 40.0 Å². The van der Waals surface area contributed by atoms with E-state index in [0.717, 1.165) is 42.7 Å². The van der Waals surface area contributed by atoms with E-state index in [4.69, 9.17) is 4.42 Å². The Kier molecular flexibility index (Phi) is 3.82. The molecule has 3 aromatic heterocycles. The molecular formula is C17H17N5O2. The summed E-state index contributed by atoms with van der Waals surface area (Å²) in [5.41, 5.74) is 1.20. The number of nitrogens with zero attached hydrogens (tertiary/aromatic N) is 4. The second-order valence-electron chi connectivity index (χ2n) is 5.79. The van der Waals surface area contributed by atoms with Crippen LogP contribution < -0.4 is 10.2 Å². The molecule has 1 fully saturated rings. The molecule has 0 bridgehead atoms. The largest absolute Gasteiger partial charge is 0.464 e. The van der Waals surface area contributed by atoms with Gasteiger partial charge in [0.2, 0.25) is 0 Å². The molecule has 4 heterocycles. The highest BCUT2D eigenvalue weighted by molar-refractivity contribution is 5.92. The summed E-state index contributed by atoms with van der Waals surface area (Å²) in [4.78, 5) is 26.8. The minimum Gasteiger partial charge on any atom is -0.464 e. The molecule has 1 aliphatic rings. The summed E-state index contributed by atoms with van der Waals surface area (Å²) in [5, 5.41) is 4.06. The van der Waals surface area contributed by atoms with Gasteiger partial charge in [0.15, 0.2) is 0 Å². The van der Waals surface area contributed by atoms with Crippen LogP contribution in [0.2, 0.25) is 0 Å². The Morgan fingerprint density at radius 1 is 1.17 bits per heavy atom. The minimum absolute atomic E-state index is 0.138. The molecule has 122 valence electrons. The van der Waals surface area contributed by atoms with E-state index in [1.165, 1.54) is 12.4 Å². The third-order valence-corrected chi connectivity index (χ3v) is 4.28. The number of rotatable bonds is 3. The van der Waals surface area contributed by atoms with Crippen molar-refractivity contribution < 1.29 is 9.21 Å². The number of furan rings is 1. The van der Waals surface area contributed by atoms with Gasteiger partial charge in [0.05, 0.1) is 17.8 Å². The number of aromatic nitrogens is 3. The van der Waals surface area contributed by atoms with Crippen molar-refractivity contribution in [3.63, 3.8) is 0 Å². The first-order chi connectivity index (χ1) is 11.8. The lowest BCUT2D eigenvalue weighted by molar-refractivity contribution is 0.0925. The van der Waals surface area contributed by atoms with E-state index in [-0.39, 0.29) is 11.9 Å². The Morgan fingerprint density at radius 2 is 2.04 bits per heavy atom. The molecule has 0 atom stereocenters. The van der Waals surface area contributed by atoms with Gasteiger partial charge in [0, 0.05) is 37.7 Å². The number of hydrogen-bond acceptors (Lipinski definition) is 6. The number of pyridine rings is 1. The summed E-state index contributed by atoms with van der Waals surface area (Å²) in [6.07, 6.45) is 9.73. The average molecular weight is 323 g/mol. The molecule has 7 heteroatoms. The minimum atomic E-state index is -0.170. The van der Waals surface area contributed by atoms with E-state index >= 15 is 0 Å². The number of carbonyl (C=O) groups excluding carboxylic acids is 1. The van der Waals surface area contributed by atoms with Gasteiger partial charge >= 0.3 is 0 Å². The Hall–Kier alpha value is -2.96. The lowest BCUT2D eigenvalue weighted by atomic mass is 10.0. The third kappa shape index (κ3) is 2.80. The number of fused-ring (bicyclic) bond motifs is 1. The predicted molar refractivity (Wildman–Crippen MR) is 88.7 cm³/mol. The van der Waals surface area contributed by atoms with Crippen molar-refractivity contribution in [3.8, 4) is 0 Å². The summed E-state index contributed by atoms with van der Waals surface area (Å²) < 4.78 is 5.44. The summed E-state index contributed by atoms with van der Waals surface area (Å²) in [6.45, 7) is 1.67. The number of carbonyl (C=O) groups is 1. The van der Waals surface area contributed by atoms with E-state index in [2.05, 4.69) is 25.2 Å². The van der Waals surface area contributed by atoms with Crippen molar-refractivity contribution >= 4 is 22.7 Å². The lowest BCUT2D eigenvalue weighted by Crippen LogP contribution is -2.45. The van der Waals surface area contributed by atoms with Crippen molar-refractivity contribution in [2.75, 3.05) is 18.0 Å². The Balaban J connectivity index is 1.40. The summed E-state index contributed by atoms with van der Waals surface area (Å²) in [6, 6.07) is 3.95. The molecule has 4 rings (SSSR count). The molecule has 1 N–H and O–H groups in total. The van der Waals surface area contributed by atoms with Gasteiger partial charge < -0.3 is 14.6 Å². The molecule has 0 unspecified atom stereocenters. The fourth-order valence-electron chi connectivity index (χ4n) is 3.04. The number of hydrogen-bond donors (Lipinski definition) is 1. The van der Waals surface area contributed by atoms with Gasteiger partial charge in [-0.25, -0.2) is 9.97 Å². The van der Waals surface area contributed by atoms with Crippen molar-refractivity contribution in [2.45, 2.75) is 18.9 Å². The zero-order chi connectivity index (χ0) is 16.4. The molecule has 0 spiro atoms. The maximum Gasteiger partial charge on any atom is 0.271 e. The first-order valence-corrected chi connectivity index (χ1v) is 7.95. The van der Waals surface area contributed by atoms with Crippen molar-refractivity contribution in [3.05, 3.63) is 48.9 Å². The van der Waals surface area contributed by atoms with Crippen molar-refractivity contribution in [1.29, 1.82) is 0 Å². The van der Waals surface area contributed by atoms with E-state index in [1.54, 1.807) is 18.7 Å². The van der Waals surface area contributed by atoms with Crippen LogP contribution in [0.3, 0.4) is 0 Å². The molecule has 0 aromatic carbocycles. The summed E-state index contributed by atoms with van der Waals surface area (Å²) >= 11 is 0. The van der Waals surface area contributed by atoms with Crippen molar-refractivity contribution in [2.24, 2.45) is 0 Å². The molecule has 1 saturated heterocycles. The average Bonchev–Trinajstić information content (AvgIpc) is 3.12. The zero-order valence-corrected chi connectivity index (χ0v) is 13.1. The van der Waals surface area contributed by atoms with E-state index in [0.29, 0.717) is 5.69 Å². The highest BCUT2D eigenvalue weighted by Crippen LogP contribution is 2.27. The third-order valence-electron chi connectivity index (χ3n) is 4.28. The first-order valence-electron chi connectivity index (χ1n) is 7.95. The highest BCUT2D eigenvalue weighted by Gasteiger charge is 2.23. The van der Waals surface area contributed by atoms with Gasteiger partial charge in [-0.15, -0.1) is 0 Å². The van der Waals surface area contributed by atoms with E-state index in [1.807, 2.05) is 12.1 Å². The van der Waals surface area contributed by atoms with E-state index in [9.17, 15) is 4.79 Å². The Labute approximate surface area is 138 Å². The second-order valence-corrected chi connectivity index (χ2v) is 5.79. The number of amides is 1. The molecule has 0 aliphatic carbocycles. The number of nitrogens with one attached hydrogen (secondary N) is 1. The number of anilines is 1. The SMILES string of the molecule is O=C(NC1CCN(c2nccc3occc23)CC1)c1cnccn1. The van der Waals surface area contributed by atoms with Crippen LogP contribution in [0, 0.1) is 0 Å². The van der Waals surface area contributed by atoms with Crippen LogP contribution >= 0.6 is 0 Å². The first kappa shape index (κ1) is 14.6. The Bertz CT molecular complexity index is 840. The van der Waals surface area contributed by atoms with Crippen LogP contribution in [0.4, 0.5) is 5.82 Å². The molecule has 1 amide bonds. The monoisotopic (exact) mass is 323 g/mol. The van der Waals surface area contributed by atoms with Gasteiger partial charge in [0.25, 0.3) is 5.91 Å². The molecule has 24 heavy (non-hydrogen) atoms. The molecular weight excluding hydrogens is 306 g/mol. The highest BCUT2D eigenvalue weighted by atomic mass is 16.3. The lowest BCUT2D eigenvalue weighted by Gasteiger charge is -2.33. The van der Waals surface area contributed by atoms with Crippen LogP contribution in [0.15, 0.2) is 47.6 Å². The van der Waals surface area contributed by atoms with Gasteiger partial charge in [-0.3, -0.25) is 9.78 Å². The molecule has 0 saturated carbocycles. The quantitative estimate of drug-likeness (QED) is 0.794. The summed E-state index contributed by atoms with van der Waals surface area (Å²) in [5.74, 6) is 0.775. The van der Waals surface area contributed by atoms with Crippen LogP contribution in [-0.2, 0) is 0 Å². The fraction of sp³-hybridized carbons (Fsp3) is 0.294. The maximum atomic E-state index is 12.2. The topological polar surface area (TPSA) is 84.2 Å². The molecule has 0 radical (unpaired) electrons. The normalized spacial score (nSPS) is 15.6. The molecule has 3 aromatic rings. The zero-order valence-electron chi connectivity index (χ0n) is 13.1. The van der Waals surface area contributed by atoms with E-state index < -0.39 is 0 Å². The van der Waals surface area contributed by atoms with Gasteiger partial charge in [0.1, 0.15) is 17.1 Å². The standard InChI is InChI=1S/C17H17N5O2/c23-17(14-11-18-6-7-19-14)21-12-2-8-22(9-3-12)16-13-4-10-24-15(13)1-5-20-16/h1,4-7,10-12H,2-3,8-9H2,(H,21,23). The second kappa shape index (κ2) is 6.27. The van der Waals surface area contributed by atoms with Crippen LogP contribution in [0.1, 0.15) is 23.3 Å². The van der Waals surface area contributed by atoms with Gasteiger partial charge in [-0.05, 0) is 25.0 Å². The van der Waals surface area contributed by atoms with Gasteiger partial charge in [-0.1, -0.05) is 0 Å². The van der Waals surface area contributed by atoms with Crippen LogP contribution in [0.5, 0.6) is 0 Å². The molecule has 1 aliphatic heterocycles. The summed E-state index contributed by atoms with van der Waals surface area (Å²) in [7, 11) is 0. The fourth-order valence-corrected chi connectivity index (χ4v) is 3.04.